The van der Waals surface area contributed by atoms with E-state index in [0.717, 1.165) is 0 Å². The predicted molar refractivity (Wildman–Crippen MR) is 46.1 cm³/mol. The minimum atomic E-state index is -0.580. The highest BCUT2D eigenvalue weighted by molar-refractivity contribution is 5.29. The molecular weight excluding hydrogens is 169 g/mol. The molecule has 4 heteroatoms. The van der Waals surface area contributed by atoms with Crippen LogP contribution < -0.4 is 0 Å². The molecule has 0 unspecified atom stereocenters. The molecule has 13 heavy (non-hydrogen) atoms. The largest absolute Gasteiger partial charge is 0.312 e. The molecule has 0 amide bonds. The van der Waals surface area contributed by atoms with E-state index in [-0.39, 0.29) is 0 Å². The molecule has 0 fully saturated rings. The Balaban J connectivity index is 2.53. The molecular formula is C9H8FN3. The van der Waals surface area contributed by atoms with E-state index in [2.05, 4.69) is 10.1 Å². The van der Waals surface area contributed by atoms with E-state index < -0.39 is 6.08 Å². The summed E-state index contributed by atoms with van der Waals surface area (Å²) in [5, 5.41) is 3.91. The Hall–Kier alpha value is -1.71. The van der Waals surface area contributed by atoms with Crippen LogP contribution in [-0.4, -0.2) is 14.8 Å². The Morgan fingerprint density at radius 1 is 1.23 bits per heavy atom. The first-order valence-electron chi connectivity index (χ1n) is 3.92. The third-order valence-electron chi connectivity index (χ3n) is 1.67. The molecule has 0 N–H and O–H groups in total. The first-order chi connectivity index (χ1) is 6.27. The number of hydrogen-bond acceptors (Lipinski definition) is 2. The van der Waals surface area contributed by atoms with Crippen LogP contribution in [0.3, 0.4) is 0 Å². The minimum absolute atomic E-state index is 0.432. The van der Waals surface area contributed by atoms with Crippen molar-refractivity contribution in [2.75, 3.05) is 0 Å². The summed E-state index contributed by atoms with van der Waals surface area (Å²) < 4.78 is 14.3. The predicted octanol–water partition coefficient (Wildman–Crippen LogP) is 1.71. The van der Waals surface area contributed by atoms with Crippen LogP contribution in [-0.2, 0) is 0 Å². The standard InChI is InChI=1S/C9H8FN3/c1-7-11-9(10)13(12-7)8-5-3-2-4-6-8/h2-6H,1H3. The second kappa shape index (κ2) is 2.97. The summed E-state index contributed by atoms with van der Waals surface area (Å²) in [6.45, 7) is 1.66. The van der Waals surface area contributed by atoms with Crippen molar-refractivity contribution in [2.24, 2.45) is 0 Å². The van der Waals surface area contributed by atoms with Gasteiger partial charge in [-0.2, -0.15) is 14.1 Å². The van der Waals surface area contributed by atoms with E-state index in [1.54, 1.807) is 19.1 Å². The number of aryl methyl sites for hydroxylation is 1. The summed E-state index contributed by atoms with van der Waals surface area (Å²) in [4.78, 5) is 3.57. The normalized spacial score (nSPS) is 10.3. The summed E-state index contributed by atoms with van der Waals surface area (Å²) in [5.74, 6) is 0.432. The van der Waals surface area contributed by atoms with Crippen LogP contribution in [0.15, 0.2) is 30.3 Å². The SMILES string of the molecule is Cc1nc(F)n(-c2ccccc2)n1. The molecule has 2 aromatic rings. The number of rotatable bonds is 1. The number of aromatic nitrogens is 3. The summed E-state index contributed by atoms with van der Waals surface area (Å²) in [6.07, 6.45) is -0.580. The molecule has 66 valence electrons. The van der Waals surface area contributed by atoms with Gasteiger partial charge >= 0.3 is 6.08 Å². The van der Waals surface area contributed by atoms with Gasteiger partial charge in [0.2, 0.25) is 0 Å². The number of halogens is 1. The molecule has 0 spiro atoms. The zero-order valence-electron chi connectivity index (χ0n) is 7.11. The molecule has 0 saturated heterocycles. The second-order valence-corrected chi connectivity index (χ2v) is 2.68. The van der Waals surface area contributed by atoms with Crippen molar-refractivity contribution in [2.45, 2.75) is 6.92 Å². The molecule has 0 radical (unpaired) electrons. The van der Waals surface area contributed by atoms with Crippen molar-refractivity contribution in [3.05, 3.63) is 42.2 Å². The average molecular weight is 177 g/mol. The molecule has 0 aliphatic carbocycles. The Bertz CT molecular complexity index is 408. The van der Waals surface area contributed by atoms with Crippen LogP contribution in [0.4, 0.5) is 4.39 Å². The fourth-order valence-electron chi connectivity index (χ4n) is 1.12. The lowest BCUT2D eigenvalue weighted by molar-refractivity contribution is 0.506. The summed E-state index contributed by atoms with van der Waals surface area (Å²) in [5.41, 5.74) is 0.681. The zero-order valence-corrected chi connectivity index (χ0v) is 7.11. The Morgan fingerprint density at radius 2 is 1.92 bits per heavy atom. The van der Waals surface area contributed by atoms with E-state index in [1.807, 2.05) is 18.2 Å². The van der Waals surface area contributed by atoms with Gasteiger partial charge in [0.1, 0.15) is 0 Å². The Kier molecular flexibility index (Phi) is 1.81. The van der Waals surface area contributed by atoms with E-state index >= 15 is 0 Å². The fourth-order valence-corrected chi connectivity index (χ4v) is 1.12. The molecule has 0 aliphatic heterocycles. The number of hydrogen-bond donors (Lipinski definition) is 0. The smallest absolute Gasteiger partial charge is 0.189 e. The molecule has 0 atom stereocenters. The molecule has 0 bridgehead atoms. The van der Waals surface area contributed by atoms with Crippen LogP contribution in [0, 0.1) is 13.0 Å². The van der Waals surface area contributed by atoms with Gasteiger partial charge in [-0.25, -0.2) is 0 Å². The van der Waals surface area contributed by atoms with E-state index in [9.17, 15) is 4.39 Å². The second-order valence-electron chi connectivity index (χ2n) is 2.68. The van der Waals surface area contributed by atoms with Gasteiger partial charge in [0.05, 0.1) is 5.69 Å². The molecule has 0 aliphatic rings. The maximum Gasteiger partial charge on any atom is 0.312 e. The van der Waals surface area contributed by atoms with Gasteiger partial charge in [-0.3, -0.25) is 0 Å². The molecule has 3 nitrogen and oxygen atoms in total. The number of benzene rings is 1. The molecule has 0 saturated carbocycles. The maximum absolute atomic E-state index is 13.1. The molecule has 2 rings (SSSR count). The zero-order chi connectivity index (χ0) is 9.26. The number of para-hydroxylation sites is 1. The van der Waals surface area contributed by atoms with E-state index in [0.29, 0.717) is 11.5 Å². The van der Waals surface area contributed by atoms with Crippen LogP contribution >= 0.6 is 0 Å². The Labute approximate surface area is 74.8 Å². The highest BCUT2D eigenvalue weighted by Gasteiger charge is 2.06. The third-order valence-corrected chi connectivity index (χ3v) is 1.67. The quantitative estimate of drug-likeness (QED) is 0.664. The summed E-state index contributed by atoms with van der Waals surface area (Å²) >= 11 is 0. The van der Waals surface area contributed by atoms with Gasteiger partial charge in [0.15, 0.2) is 5.82 Å². The lowest BCUT2D eigenvalue weighted by Crippen LogP contribution is -1.99. The molecule has 1 aromatic heterocycles. The van der Waals surface area contributed by atoms with Gasteiger partial charge in [0, 0.05) is 0 Å². The van der Waals surface area contributed by atoms with Gasteiger partial charge < -0.3 is 0 Å². The van der Waals surface area contributed by atoms with Crippen molar-refractivity contribution < 1.29 is 4.39 Å². The Morgan fingerprint density at radius 3 is 2.46 bits per heavy atom. The van der Waals surface area contributed by atoms with Crippen molar-refractivity contribution in [3.8, 4) is 5.69 Å². The highest BCUT2D eigenvalue weighted by atomic mass is 19.1. The molecule has 1 heterocycles. The van der Waals surface area contributed by atoms with Crippen molar-refractivity contribution in [1.29, 1.82) is 0 Å². The monoisotopic (exact) mass is 177 g/mol. The highest BCUT2D eigenvalue weighted by Crippen LogP contribution is 2.07. The van der Waals surface area contributed by atoms with Crippen molar-refractivity contribution in [1.82, 2.24) is 14.8 Å². The fraction of sp³-hybridized carbons (Fsp3) is 0.111. The van der Waals surface area contributed by atoms with E-state index in [4.69, 9.17) is 0 Å². The number of nitrogens with zero attached hydrogens (tertiary/aromatic N) is 3. The van der Waals surface area contributed by atoms with Gasteiger partial charge in [-0.15, -0.1) is 5.10 Å². The first-order valence-corrected chi connectivity index (χ1v) is 3.92. The van der Waals surface area contributed by atoms with Crippen LogP contribution in [0.1, 0.15) is 5.82 Å². The minimum Gasteiger partial charge on any atom is -0.189 e. The van der Waals surface area contributed by atoms with Gasteiger partial charge in [-0.1, -0.05) is 18.2 Å². The summed E-state index contributed by atoms with van der Waals surface area (Å²) in [6, 6.07) is 9.07. The van der Waals surface area contributed by atoms with Gasteiger partial charge in [-0.05, 0) is 19.1 Å². The average Bonchev–Trinajstić information content (AvgIpc) is 2.47. The van der Waals surface area contributed by atoms with Crippen LogP contribution in [0.5, 0.6) is 0 Å². The van der Waals surface area contributed by atoms with Crippen molar-refractivity contribution >= 4 is 0 Å². The lowest BCUT2D eigenvalue weighted by atomic mass is 10.3. The summed E-state index contributed by atoms with van der Waals surface area (Å²) in [7, 11) is 0. The topological polar surface area (TPSA) is 30.7 Å². The van der Waals surface area contributed by atoms with Crippen LogP contribution in [0.25, 0.3) is 5.69 Å². The van der Waals surface area contributed by atoms with Crippen LogP contribution in [0.2, 0.25) is 0 Å². The lowest BCUT2D eigenvalue weighted by Gasteiger charge is -1.98. The van der Waals surface area contributed by atoms with Crippen molar-refractivity contribution in [3.63, 3.8) is 0 Å². The maximum atomic E-state index is 13.1. The van der Waals surface area contributed by atoms with E-state index in [1.165, 1.54) is 4.68 Å². The third kappa shape index (κ3) is 1.42. The first kappa shape index (κ1) is 7.91. The molecule has 1 aromatic carbocycles. The van der Waals surface area contributed by atoms with Gasteiger partial charge in [0.25, 0.3) is 0 Å².